The molecule has 1 aromatic rings. The van der Waals surface area contributed by atoms with E-state index in [9.17, 15) is 18.0 Å². The first kappa shape index (κ1) is 20.7. The number of piperidine rings is 1. The fourth-order valence-corrected chi connectivity index (χ4v) is 2.69. The normalized spacial score (nSPS) is 17.0. The number of methoxy groups -OCH3 is 1. The third kappa shape index (κ3) is 5.65. The molecule has 0 atom stereocenters. The van der Waals surface area contributed by atoms with E-state index in [1.807, 2.05) is 0 Å². The molecule has 1 aliphatic heterocycles. The number of rotatable bonds is 5. The van der Waals surface area contributed by atoms with E-state index in [2.05, 4.69) is 10.6 Å². The Kier molecular flexibility index (Phi) is 7.51. The number of amides is 1. The Labute approximate surface area is 145 Å². The monoisotopic (exact) mass is 366 g/mol. The number of anilines is 1. The first-order chi connectivity index (χ1) is 10.8. The molecule has 4 nitrogen and oxygen atoms in total. The zero-order valence-electron chi connectivity index (χ0n) is 13.4. The van der Waals surface area contributed by atoms with Crippen LogP contribution in [0.3, 0.4) is 0 Å². The molecule has 0 saturated carbocycles. The second-order valence-corrected chi connectivity index (χ2v) is 5.72. The van der Waals surface area contributed by atoms with Gasteiger partial charge in [0.15, 0.2) is 0 Å². The molecule has 0 aliphatic carbocycles. The van der Waals surface area contributed by atoms with Gasteiger partial charge in [0, 0.05) is 19.2 Å². The van der Waals surface area contributed by atoms with Gasteiger partial charge in [0.05, 0.1) is 0 Å². The molecule has 1 aliphatic rings. The highest BCUT2D eigenvalue weighted by Gasteiger charge is 2.39. The van der Waals surface area contributed by atoms with E-state index in [0.29, 0.717) is 37.2 Å². The summed E-state index contributed by atoms with van der Waals surface area (Å²) in [7, 11) is 1.50. The Morgan fingerprint density at radius 2 is 2.00 bits per heavy atom. The molecule has 1 amide bonds. The largest absolute Gasteiger partial charge is 0.389 e. The number of aryl methyl sites for hydroxylation is 1. The van der Waals surface area contributed by atoms with Gasteiger partial charge in [-0.3, -0.25) is 4.79 Å². The van der Waals surface area contributed by atoms with Gasteiger partial charge in [-0.25, -0.2) is 0 Å². The molecule has 24 heavy (non-hydrogen) atoms. The van der Waals surface area contributed by atoms with Crippen LogP contribution < -0.4 is 10.6 Å². The number of nitrogens with one attached hydrogen (secondary N) is 2. The van der Waals surface area contributed by atoms with Gasteiger partial charge in [-0.2, -0.15) is 13.2 Å². The van der Waals surface area contributed by atoms with Crippen molar-refractivity contribution in [3.05, 3.63) is 29.8 Å². The number of carbonyl (C=O) groups is 1. The van der Waals surface area contributed by atoms with Crippen LogP contribution in [-0.4, -0.2) is 37.9 Å². The van der Waals surface area contributed by atoms with Crippen molar-refractivity contribution in [2.75, 3.05) is 25.5 Å². The summed E-state index contributed by atoms with van der Waals surface area (Å²) in [6, 6.07) is 6.51. The van der Waals surface area contributed by atoms with Crippen molar-refractivity contribution in [2.24, 2.45) is 0 Å². The molecule has 0 spiro atoms. The number of carbonyl (C=O) groups excluding carboxylic acids is 1. The van der Waals surface area contributed by atoms with Crippen LogP contribution in [0.4, 0.5) is 18.9 Å². The number of benzene rings is 1. The molecule has 0 unspecified atom stereocenters. The second-order valence-electron chi connectivity index (χ2n) is 5.72. The van der Waals surface area contributed by atoms with Gasteiger partial charge in [-0.1, -0.05) is 12.1 Å². The third-order valence-electron chi connectivity index (χ3n) is 4.10. The summed E-state index contributed by atoms with van der Waals surface area (Å²) >= 11 is 0. The maximum Gasteiger partial charge on any atom is 0.389 e. The van der Waals surface area contributed by atoms with Crippen LogP contribution in [0.25, 0.3) is 0 Å². The molecule has 0 aromatic heterocycles. The number of halogens is 4. The summed E-state index contributed by atoms with van der Waals surface area (Å²) in [6.45, 7) is 1.37. The van der Waals surface area contributed by atoms with Gasteiger partial charge in [0.2, 0.25) is 0 Å². The van der Waals surface area contributed by atoms with Crippen molar-refractivity contribution < 1.29 is 22.7 Å². The fourth-order valence-electron chi connectivity index (χ4n) is 2.69. The SMILES string of the molecule is COC1(C(=O)Nc2cccc(CCC(F)(F)F)c2)CCNCC1.Cl. The van der Waals surface area contributed by atoms with Gasteiger partial charge in [-0.15, -0.1) is 12.4 Å². The van der Waals surface area contributed by atoms with Crippen molar-refractivity contribution in [1.82, 2.24) is 5.32 Å². The van der Waals surface area contributed by atoms with Gasteiger partial charge >= 0.3 is 6.18 Å². The predicted octanol–water partition coefficient (Wildman–Crippen LogP) is 3.31. The Morgan fingerprint density at radius 1 is 1.33 bits per heavy atom. The van der Waals surface area contributed by atoms with Gasteiger partial charge < -0.3 is 15.4 Å². The maximum atomic E-state index is 12.5. The lowest BCUT2D eigenvalue weighted by atomic mass is 9.91. The van der Waals surface area contributed by atoms with Crippen molar-refractivity contribution in [1.29, 1.82) is 0 Å². The Balaban J connectivity index is 0.00000288. The topological polar surface area (TPSA) is 50.4 Å². The molecular weight excluding hydrogens is 345 g/mol. The van der Waals surface area contributed by atoms with Crippen molar-refractivity contribution in [2.45, 2.75) is 37.5 Å². The predicted molar refractivity (Wildman–Crippen MR) is 88.5 cm³/mol. The van der Waals surface area contributed by atoms with Gasteiger partial charge in [0.25, 0.3) is 5.91 Å². The number of hydrogen-bond acceptors (Lipinski definition) is 3. The lowest BCUT2D eigenvalue weighted by Gasteiger charge is -2.34. The first-order valence-corrected chi connectivity index (χ1v) is 7.58. The zero-order valence-corrected chi connectivity index (χ0v) is 14.2. The van der Waals surface area contributed by atoms with Crippen LogP contribution in [0.5, 0.6) is 0 Å². The number of hydrogen-bond donors (Lipinski definition) is 2. The summed E-state index contributed by atoms with van der Waals surface area (Å²) in [6.07, 6.45) is -4.05. The minimum absolute atomic E-state index is 0. The summed E-state index contributed by atoms with van der Waals surface area (Å²) < 4.78 is 42.3. The third-order valence-corrected chi connectivity index (χ3v) is 4.10. The van der Waals surface area contributed by atoms with Crippen LogP contribution in [0.1, 0.15) is 24.8 Å². The van der Waals surface area contributed by atoms with Crippen LogP contribution >= 0.6 is 12.4 Å². The summed E-state index contributed by atoms with van der Waals surface area (Å²) in [5, 5.41) is 5.93. The van der Waals surface area contributed by atoms with Gasteiger partial charge in [0.1, 0.15) is 5.60 Å². The van der Waals surface area contributed by atoms with E-state index in [1.165, 1.54) is 7.11 Å². The molecule has 0 bridgehead atoms. The summed E-state index contributed by atoms with van der Waals surface area (Å²) in [4.78, 5) is 12.5. The minimum Gasteiger partial charge on any atom is -0.368 e. The average molecular weight is 367 g/mol. The highest BCUT2D eigenvalue weighted by Crippen LogP contribution is 2.26. The minimum atomic E-state index is -4.19. The second kappa shape index (κ2) is 8.69. The van der Waals surface area contributed by atoms with E-state index >= 15 is 0 Å². The van der Waals surface area contributed by atoms with E-state index in [1.54, 1.807) is 24.3 Å². The molecule has 8 heteroatoms. The van der Waals surface area contributed by atoms with Crippen LogP contribution in [0.2, 0.25) is 0 Å². The summed E-state index contributed by atoms with van der Waals surface area (Å²) in [5.41, 5.74) is 0.147. The standard InChI is InChI=1S/C16H21F3N2O2.ClH/c1-23-15(7-9-20-10-8-15)14(22)21-13-4-2-3-12(11-13)5-6-16(17,18)19;/h2-4,11,20H,5-10H2,1H3,(H,21,22);1H. The van der Waals surface area contributed by atoms with Crippen LogP contribution in [-0.2, 0) is 16.0 Å². The number of alkyl halides is 3. The molecule has 2 N–H and O–H groups in total. The van der Waals surface area contributed by atoms with Crippen molar-refractivity contribution in [3.63, 3.8) is 0 Å². The zero-order chi connectivity index (χ0) is 16.9. The lowest BCUT2D eigenvalue weighted by molar-refractivity contribution is -0.140. The fraction of sp³-hybridized carbons (Fsp3) is 0.562. The molecule has 2 rings (SSSR count). The lowest BCUT2D eigenvalue weighted by Crippen LogP contribution is -2.51. The highest BCUT2D eigenvalue weighted by molar-refractivity contribution is 5.97. The molecule has 1 aromatic carbocycles. The van der Waals surface area contributed by atoms with Crippen LogP contribution in [0, 0.1) is 0 Å². The summed E-state index contributed by atoms with van der Waals surface area (Å²) in [5.74, 6) is -0.255. The maximum absolute atomic E-state index is 12.5. The van der Waals surface area contributed by atoms with E-state index in [0.717, 1.165) is 0 Å². The Morgan fingerprint density at radius 3 is 2.58 bits per heavy atom. The van der Waals surface area contributed by atoms with E-state index in [-0.39, 0.29) is 24.7 Å². The highest BCUT2D eigenvalue weighted by atomic mass is 35.5. The van der Waals surface area contributed by atoms with E-state index < -0.39 is 18.2 Å². The van der Waals surface area contributed by atoms with Gasteiger partial charge in [-0.05, 0) is 50.0 Å². The molecule has 1 fully saturated rings. The van der Waals surface area contributed by atoms with Crippen molar-refractivity contribution in [3.8, 4) is 0 Å². The molecular formula is C16H22ClF3N2O2. The van der Waals surface area contributed by atoms with Crippen LogP contribution in [0.15, 0.2) is 24.3 Å². The molecule has 0 radical (unpaired) electrons. The average Bonchev–Trinajstić information content (AvgIpc) is 2.53. The molecule has 1 saturated heterocycles. The Bertz CT molecular complexity index is 546. The molecule has 1 heterocycles. The first-order valence-electron chi connectivity index (χ1n) is 7.58. The quantitative estimate of drug-likeness (QED) is 0.840. The molecule has 136 valence electrons. The Hall–Kier alpha value is -1.31. The number of ether oxygens (including phenoxy) is 1. The van der Waals surface area contributed by atoms with E-state index in [4.69, 9.17) is 4.74 Å². The smallest absolute Gasteiger partial charge is 0.368 e. The van der Waals surface area contributed by atoms with Crippen molar-refractivity contribution >= 4 is 24.0 Å².